The van der Waals surface area contributed by atoms with Crippen molar-refractivity contribution in [1.29, 1.82) is 0 Å². The average molecular weight is 423 g/mol. The van der Waals surface area contributed by atoms with E-state index in [2.05, 4.69) is 88.2 Å². The second kappa shape index (κ2) is 8.81. The lowest BCUT2D eigenvalue weighted by molar-refractivity contribution is 0.206. The van der Waals surface area contributed by atoms with E-state index < -0.39 is 0 Å². The second-order valence-corrected chi connectivity index (χ2v) is 7.99. The van der Waals surface area contributed by atoms with Gasteiger partial charge in [0.25, 0.3) is 0 Å². The summed E-state index contributed by atoms with van der Waals surface area (Å²) in [6.45, 7) is 2.17. The summed E-state index contributed by atoms with van der Waals surface area (Å²) in [5, 5.41) is 2.44. The van der Waals surface area contributed by atoms with Crippen LogP contribution >= 0.6 is 0 Å². The Labute approximate surface area is 187 Å². The van der Waals surface area contributed by atoms with Gasteiger partial charge in [-0.25, -0.2) is 4.98 Å². The molecule has 0 aliphatic carbocycles. The fraction of sp³-hybridized carbons (Fsp3) is 0.185. The standard InChI is InChI=1S/C27H26N4O/c1-30(15-16-32-2)24-12-13-25-26(18-24)31(19-23-9-5-6-14-28-23)27(29-25)22-11-10-20-7-3-4-8-21(20)17-22/h3-14,17-18H,15-16,19H2,1-2H3. The highest BCUT2D eigenvalue weighted by atomic mass is 16.5. The molecule has 5 heteroatoms. The molecule has 0 bridgehead atoms. The molecular weight excluding hydrogens is 396 g/mol. The lowest BCUT2D eigenvalue weighted by atomic mass is 10.1. The van der Waals surface area contributed by atoms with Crippen LogP contribution in [0.1, 0.15) is 5.69 Å². The predicted molar refractivity (Wildman–Crippen MR) is 131 cm³/mol. The number of hydrogen-bond donors (Lipinski definition) is 0. The Morgan fingerprint density at radius 2 is 1.75 bits per heavy atom. The molecule has 5 nitrogen and oxygen atoms in total. The lowest BCUT2D eigenvalue weighted by Crippen LogP contribution is -2.21. The fourth-order valence-corrected chi connectivity index (χ4v) is 4.07. The summed E-state index contributed by atoms with van der Waals surface area (Å²) in [5.41, 5.74) is 5.33. The van der Waals surface area contributed by atoms with Crippen molar-refractivity contribution in [3.63, 3.8) is 0 Å². The van der Waals surface area contributed by atoms with Gasteiger partial charge in [0.15, 0.2) is 0 Å². The molecule has 0 aliphatic heterocycles. The van der Waals surface area contributed by atoms with Gasteiger partial charge in [0.1, 0.15) is 5.82 Å². The van der Waals surface area contributed by atoms with Crippen molar-refractivity contribution in [3.8, 4) is 11.4 Å². The number of aromatic nitrogens is 3. The first-order valence-corrected chi connectivity index (χ1v) is 10.8. The second-order valence-electron chi connectivity index (χ2n) is 7.99. The van der Waals surface area contributed by atoms with Gasteiger partial charge in [-0.2, -0.15) is 0 Å². The molecule has 160 valence electrons. The Balaban J connectivity index is 1.65. The topological polar surface area (TPSA) is 43.2 Å². The number of pyridine rings is 1. The highest BCUT2D eigenvalue weighted by molar-refractivity contribution is 5.89. The summed E-state index contributed by atoms with van der Waals surface area (Å²) in [7, 11) is 3.82. The van der Waals surface area contributed by atoms with Crippen molar-refractivity contribution >= 4 is 27.5 Å². The van der Waals surface area contributed by atoms with Gasteiger partial charge in [0.2, 0.25) is 0 Å². The third kappa shape index (κ3) is 3.95. The fourth-order valence-electron chi connectivity index (χ4n) is 4.07. The minimum atomic E-state index is 0.657. The molecule has 5 rings (SSSR count). The molecule has 5 aromatic rings. The van der Waals surface area contributed by atoms with Gasteiger partial charge >= 0.3 is 0 Å². The quantitative estimate of drug-likeness (QED) is 0.353. The molecule has 0 amide bonds. The van der Waals surface area contributed by atoms with Crippen LogP contribution < -0.4 is 4.90 Å². The zero-order chi connectivity index (χ0) is 21.9. The normalized spacial score (nSPS) is 11.3. The van der Waals surface area contributed by atoms with Crippen LogP contribution in [0.3, 0.4) is 0 Å². The van der Waals surface area contributed by atoms with Crippen LogP contribution in [0.4, 0.5) is 5.69 Å². The molecule has 0 fully saturated rings. The Bertz CT molecular complexity index is 1360. The number of fused-ring (bicyclic) bond motifs is 2. The molecule has 3 aromatic carbocycles. The zero-order valence-corrected chi connectivity index (χ0v) is 18.4. The van der Waals surface area contributed by atoms with E-state index in [1.54, 1.807) is 7.11 Å². The third-order valence-corrected chi connectivity index (χ3v) is 5.86. The van der Waals surface area contributed by atoms with Gasteiger partial charge in [0.05, 0.1) is 29.9 Å². The van der Waals surface area contributed by atoms with Gasteiger partial charge in [-0.05, 0) is 47.2 Å². The van der Waals surface area contributed by atoms with Crippen LogP contribution in [0, 0.1) is 0 Å². The van der Waals surface area contributed by atoms with Crippen molar-refractivity contribution < 1.29 is 4.74 Å². The summed E-state index contributed by atoms with van der Waals surface area (Å²) in [6, 6.07) is 27.4. The highest BCUT2D eigenvalue weighted by Gasteiger charge is 2.15. The Kier molecular flexibility index (Phi) is 5.57. The number of benzene rings is 3. The Morgan fingerprint density at radius 3 is 2.56 bits per heavy atom. The zero-order valence-electron chi connectivity index (χ0n) is 18.4. The monoisotopic (exact) mass is 422 g/mol. The summed E-state index contributed by atoms with van der Waals surface area (Å²) in [5.74, 6) is 0.952. The first kappa shape index (κ1) is 20.2. The molecule has 0 saturated heterocycles. The summed E-state index contributed by atoms with van der Waals surface area (Å²) < 4.78 is 7.53. The summed E-state index contributed by atoms with van der Waals surface area (Å²) in [6.07, 6.45) is 1.84. The minimum Gasteiger partial charge on any atom is -0.383 e. The number of rotatable bonds is 7. The first-order chi connectivity index (χ1) is 15.7. The average Bonchev–Trinajstić information content (AvgIpc) is 3.20. The van der Waals surface area contributed by atoms with Crippen molar-refractivity contribution in [1.82, 2.24) is 14.5 Å². The Morgan fingerprint density at radius 1 is 0.906 bits per heavy atom. The molecule has 0 aliphatic rings. The highest BCUT2D eigenvalue weighted by Crippen LogP contribution is 2.30. The van der Waals surface area contributed by atoms with Crippen LogP contribution in [-0.4, -0.2) is 41.8 Å². The smallest absolute Gasteiger partial charge is 0.141 e. The van der Waals surface area contributed by atoms with Crippen LogP contribution in [0.2, 0.25) is 0 Å². The van der Waals surface area contributed by atoms with E-state index in [-0.39, 0.29) is 0 Å². The van der Waals surface area contributed by atoms with Gasteiger partial charge < -0.3 is 14.2 Å². The van der Waals surface area contributed by atoms with E-state index in [0.29, 0.717) is 13.2 Å². The molecule has 0 spiro atoms. The molecule has 2 heterocycles. The van der Waals surface area contributed by atoms with Crippen molar-refractivity contribution in [2.24, 2.45) is 0 Å². The third-order valence-electron chi connectivity index (χ3n) is 5.86. The van der Waals surface area contributed by atoms with Gasteiger partial charge in [-0.1, -0.05) is 42.5 Å². The number of methoxy groups -OCH3 is 1. The summed E-state index contributed by atoms with van der Waals surface area (Å²) >= 11 is 0. The van der Waals surface area contributed by atoms with E-state index in [1.165, 1.54) is 10.8 Å². The van der Waals surface area contributed by atoms with Crippen LogP contribution in [0.5, 0.6) is 0 Å². The number of ether oxygens (including phenoxy) is 1. The lowest BCUT2D eigenvalue weighted by Gasteiger charge is -2.19. The molecule has 0 radical (unpaired) electrons. The number of hydrogen-bond acceptors (Lipinski definition) is 4. The maximum absolute atomic E-state index is 5.25. The molecule has 32 heavy (non-hydrogen) atoms. The van der Waals surface area contributed by atoms with E-state index in [9.17, 15) is 0 Å². The molecule has 0 saturated carbocycles. The number of likely N-dealkylation sites (N-methyl/N-ethyl adjacent to an activating group) is 1. The minimum absolute atomic E-state index is 0.657. The molecule has 0 atom stereocenters. The van der Waals surface area contributed by atoms with Crippen LogP contribution in [0.25, 0.3) is 33.2 Å². The van der Waals surface area contributed by atoms with Crippen molar-refractivity contribution in [2.75, 3.05) is 32.2 Å². The van der Waals surface area contributed by atoms with Crippen LogP contribution in [0.15, 0.2) is 85.1 Å². The SMILES string of the molecule is COCCN(C)c1ccc2nc(-c3ccc4ccccc4c3)n(Cc3ccccn3)c2c1. The maximum Gasteiger partial charge on any atom is 0.141 e. The molecule has 0 unspecified atom stereocenters. The largest absolute Gasteiger partial charge is 0.383 e. The van der Waals surface area contributed by atoms with E-state index in [0.717, 1.165) is 40.3 Å². The molecule has 2 aromatic heterocycles. The van der Waals surface area contributed by atoms with Crippen molar-refractivity contribution in [2.45, 2.75) is 6.54 Å². The van der Waals surface area contributed by atoms with Crippen LogP contribution in [-0.2, 0) is 11.3 Å². The first-order valence-electron chi connectivity index (χ1n) is 10.8. The molecular formula is C27H26N4O. The van der Waals surface area contributed by atoms with Gasteiger partial charge in [0, 0.05) is 38.1 Å². The van der Waals surface area contributed by atoms with E-state index >= 15 is 0 Å². The van der Waals surface area contributed by atoms with E-state index in [4.69, 9.17) is 9.72 Å². The van der Waals surface area contributed by atoms with Gasteiger partial charge in [-0.3, -0.25) is 4.98 Å². The Hall–Kier alpha value is -3.70. The number of anilines is 1. The maximum atomic E-state index is 5.25. The number of nitrogens with zero attached hydrogens (tertiary/aromatic N) is 4. The van der Waals surface area contributed by atoms with Crippen molar-refractivity contribution in [3.05, 3.63) is 90.8 Å². The summed E-state index contributed by atoms with van der Waals surface area (Å²) in [4.78, 5) is 11.8. The number of imidazole rings is 1. The van der Waals surface area contributed by atoms with E-state index in [1.807, 2.05) is 18.3 Å². The predicted octanol–water partition coefficient (Wildman–Crippen LogP) is 5.38. The molecule has 0 N–H and O–H groups in total. The van der Waals surface area contributed by atoms with Gasteiger partial charge in [-0.15, -0.1) is 0 Å².